The van der Waals surface area contributed by atoms with Gasteiger partial charge in [0.15, 0.2) is 0 Å². The Morgan fingerprint density at radius 2 is 1.57 bits per heavy atom. The van der Waals surface area contributed by atoms with Crippen molar-refractivity contribution >= 4 is 23.7 Å². The first kappa shape index (κ1) is 25.7. The number of carboxylic acids is 1. The van der Waals surface area contributed by atoms with Gasteiger partial charge in [0.1, 0.15) is 17.8 Å². The number of phenolic OH excluding ortho intramolecular Hbond substituents is 1. The molecule has 0 bridgehead atoms. The molecule has 0 heterocycles. The minimum Gasteiger partial charge on any atom is -0.508 e. The Bertz CT molecular complexity index is 1110. The van der Waals surface area contributed by atoms with Crippen LogP contribution in [0.3, 0.4) is 0 Å². The topological polar surface area (TPSA) is 171 Å². The predicted molar refractivity (Wildman–Crippen MR) is 128 cm³/mol. The lowest BCUT2D eigenvalue weighted by Crippen LogP contribution is -2.61. The SMILES string of the molecule is Cc1cc(O)cc(C)c1CC(N)C(=O)NCC(=O)NC1(C(=O)NCC(=O)O)Cc2ccccc2C1. The Balaban J connectivity index is 1.63. The van der Waals surface area contributed by atoms with Crippen LogP contribution in [0.25, 0.3) is 0 Å². The number of hydrogen-bond acceptors (Lipinski definition) is 6. The fraction of sp³-hybridized carbons (Fsp3) is 0.360. The lowest BCUT2D eigenvalue weighted by molar-refractivity contribution is -0.139. The van der Waals surface area contributed by atoms with Gasteiger partial charge in [0.2, 0.25) is 17.7 Å². The highest BCUT2D eigenvalue weighted by Crippen LogP contribution is 2.30. The molecule has 10 nitrogen and oxygen atoms in total. The van der Waals surface area contributed by atoms with E-state index in [2.05, 4.69) is 16.0 Å². The van der Waals surface area contributed by atoms with E-state index in [1.807, 2.05) is 38.1 Å². The van der Waals surface area contributed by atoms with Gasteiger partial charge in [-0.15, -0.1) is 0 Å². The number of nitrogens with one attached hydrogen (secondary N) is 3. The molecular formula is C25H30N4O6. The molecule has 1 aliphatic carbocycles. The highest BCUT2D eigenvalue weighted by molar-refractivity contribution is 5.95. The van der Waals surface area contributed by atoms with Crippen molar-refractivity contribution in [2.24, 2.45) is 5.73 Å². The number of aliphatic carboxylic acids is 1. The molecule has 10 heteroatoms. The summed E-state index contributed by atoms with van der Waals surface area (Å²) in [4.78, 5) is 49.1. The standard InChI is InChI=1S/C25H30N4O6/c1-14-7-18(30)8-15(2)19(14)9-20(26)23(34)27-12-21(31)29-25(24(35)28-13-22(32)33)10-16-5-3-4-6-17(16)11-25/h3-8,20,30H,9-13,26H2,1-2H3,(H,27,34)(H,28,35)(H,29,31)(H,32,33). The Kier molecular flexibility index (Phi) is 7.75. The van der Waals surface area contributed by atoms with Crippen LogP contribution in [0.1, 0.15) is 27.8 Å². The van der Waals surface area contributed by atoms with Crippen molar-refractivity contribution in [2.45, 2.75) is 44.7 Å². The Labute approximate surface area is 202 Å². The molecule has 0 aromatic heterocycles. The average molecular weight is 483 g/mol. The number of amides is 3. The molecular weight excluding hydrogens is 452 g/mol. The molecule has 1 unspecified atom stereocenters. The average Bonchev–Trinajstić information content (AvgIpc) is 3.17. The number of carboxylic acid groups (broad SMARTS) is 1. The summed E-state index contributed by atoms with van der Waals surface area (Å²) in [6.07, 6.45) is 0.628. The molecule has 2 aromatic carbocycles. The van der Waals surface area contributed by atoms with Gasteiger partial charge in [-0.25, -0.2) is 0 Å². The van der Waals surface area contributed by atoms with Crippen LogP contribution in [-0.2, 0) is 38.4 Å². The summed E-state index contributed by atoms with van der Waals surface area (Å²) in [5.41, 5.74) is 8.90. The van der Waals surface area contributed by atoms with E-state index >= 15 is 0 Å². The second-order valence-electron chi connectivity index (χ2n) is 8.92. The van der Waals surface area contributed by atoms with Crippen molar-refractivity contribution < 1.29 is 29.4 Å². The number of fused-ring (bicyclic) bond motifs is 1. The summed E-state index contributed by atoms with van der Waals surface area (Å²) in [6, 6.07) is 9.61. The van der Waals surface area contributed by atoms with E-state index < -0.39 is 48.4 Å². The predicted octanol–water partition coefficient (Wildman–Crippen LogP) is -0.150. The Morgan fingerprint density at radius 1 is 1.00 bits per heavy atom. The van der Waals surface area contributed by atoms with Crippen LogP contribution in [0, 0.1) is 13.8 Å². The molecule has 1 atom stereocenters. The van der Waals surface area contributed by atoms with Crippen LogP contribution >= 0.6 is 0 Å². The number of phenols is 1. The van der Waals surface area contributed by atoms with E-state index in [4.69, 9.17) is 10.8 Å². The van der Waals surface area contributed by atoms with Crippen LogP contribution < -0.4 is 21.7 Å². The first-order valence-electron chi connectivity index (χ1n) is 11.2. The fourth-order valence-electron chi connectivity index (χ4n) is 4.46. The Morgan fingerprint density at radius 3 is 2.11 bits per heavy atom. The maximum absolute atomic E-state index is 12.9. The maximum atomic E-state index is 12.9. The van der Waals surface area contributed by atoms with Crippen molar-refractivity contribution in [3.05, 3.63) is 64.2 Å². The minimum absolute atomic E-state index is 0.133. The maximum Gasteiger partial charge on any atom is 0.322 e. The molecule has 0 saturated carbocycles. The van der Waals surface area contributed by atoms with Gasteiger partial charge >= 0.3 is 5.97 Å². The summed E-state index contributed by atoms with van der Waals surface area (Å²) in [7, 11) is 0. The van der Waals surface area contributed by atoms with E-state index in [1.165, 1.54) is 0 Å². The molecule has 2 aromatic rings. The summed E-state index contributed by atoms with van der Waals surface area (Å²) in [6.45, 7) is 2.65. The highest BCUT2D eigenvalue weighted by Gasteiger charge is 2.45. The van der Waals surface area contributed by atoms with Crippen molar-refractivity contribution in [1.29, 1.82) is 0 Å². The third kappa shape index (κ3) is 6.15. The summed E-state index contributed by atoms with van der Waals surface area (Å²) in [5.74, 6) is -2.80. The molecule has 7 N–H and O–H groups in total. The van der Waals surface area contributed by atoms with Crippen molar-refractivity contribution in [3.8, 4) is 5.75 Å². The van der Waals surface area contributed by atoms with Crippen molar-refractivity contribution in [1.82, 2.24) is 16.0 Å². The van der Waals surface area contributed by atoms with E-state index in [0.29, 0.717) is 0 Å². The second-order valence-corrected chi connectivity index (χ2v) is 8.92. The number of rotatable bonds is 9. The third-order valence-corrected chi connectivity index (χ3v) is 6.18. The molecule has 0 spiro atoms. The van der Waals surface area contributed by atoms with Gasteiger partial charge in [0.05, 0.1) is 12.6 Å². The van der Waals surface area contributed by atoms with E-state index in [-0.39, 0.29) is 25.0 Å². The summed E-state index contributed by atoms with van der Waals surface area (Å²) in [5, 5.41) is 26.2. The number of aryl methyl sites for hydroxylation is 2. The Hall–Kier alpha value is -3.92. The van der Waals surface area contributed by atoms with Crippen LogP contribution in [0.2, 0.25) is 0 Å². The van der Waals surface area contributed by atoms with Gasteiger partial charge in [-0.2, -0.15) is 0 Å². The summed E-state index contributed by atoms with van der Waals surface area (Å²) < 4.78 is 0. The molecule has 35 heavy (non-hydrogen) atoms. The number of aromatic hydroxyl groups is 1. The summed E-state index contributed by atoms with van der Waals surface area (Å²) >= 11 is 0. The molecule has 1 aliphatic rings. The number of nitrogens with two attached hydrogens (primary N) is 1. The zero-order chi connectivity index (χ0) is 25.8. The smallest absolute Gasteiger partial charge is 0.322 e. The lowest BCUT2D eigenvalue weighted by Gasteiger charge is -2.29. The molecule has 186 valence electrons. The van der Waals surface area contributed by atoms with Crippen LogP contribution in [0.5, 0.6) is 5.75 Å². The molecule has 3 rings (SSSR count). The van der Waals surface area contributed by atoms with Crippen LogP contribution in [-0.4, -0.2) is 58.6 Å². The van der Waals surface area contributed by atoms with E-state index in [1.54, 1.807) is 12.1 Å². The van der Waals surface area contributed by atoms with Gasteiger partial charge in [0.25, 0.3) is 0 Å². The highest BCUT2D eigenvalue weighted by atomic mass is 16.4. The minimum atomic E-state index is -1.36. The van der Waals surface area contributed by atoms with Crippen molar-refractivity contribution in [3.63, 3.8) is 0 Å². The third-order valence-electron chi connectivity index (χ3n) is 6.18. The molecule has 0 aliphatic heterocycles. The van der Waals surface area contributed by atoms with Gasteiger partial charge < -0.3 is 31.9 Å². The molecule has 0 fully saturated rings. The monoisotopic (exact) mass is 482 g/mol. The first-order valence-corrected chi connectivity index (χ1v) is 11.2. The van der Waals surface area contributed by atoms with Crippen LogP contribution in [0.15, 0.2) is 36.4 Å². The molecule has 0 saturated heterocycles. The zero-order valence-corrected chi connectivity index (χ0v) is 19.7. The van der Waals surface area contributed by atoms with Gasteiger partial charge in [-0.1, -0.05) is 24.3 Å². The van der Waals surface area contributed by atoms with E-state index in [0.717, 1.165) is 27.8 Å². The first-order chi connectivity index (χ1) is 16.5. The van der Waals surface area contributed by atoms with Crippen molar-refractivity contribution in [2.75, 3.05) is 13.1 Å². The van der Waals surface area contributed by atoms with Gasteiger partial charge in [-0.05, 0) is 60.2 Å². The van der Waals surface area contributed by atoms with Crippen LogP contribution in [0.4, 0.5) is 0 Å². The van der Waals surface area contributed by atoms with E-state index in [9.17, 15) is 24.3 Å². The molecule has 3 amide bonds. The number of benzene rings is 2. The zero-order valence-electron chi connectivity index (χ0n) is 19.7. The second kappa shape index (κ2) is 10.6. The van der Waals surface area contributed by atoms with Gasteiger partial charge in [0, 0.05) is 12.8 Å². The largest absolute Gasteiger partial charge is 0.508 e. The normalized spacial score (nSPS) is 14.5. The van der Waals surface area contributed by atoms with Gasteiger partial charge in [-0.3, -0.25) is 19.2 Å². The fourth-order valence-corrected chi connectivity index (χ4v) is 4.46. The molecule has 0 radical (unpaired) electrons. The number of hydrogen-bond donors (Lipinski definition) is 6. The quantitative estimate of drug-likeness (QED) is 0.288. The lowest BCUT2D eigenvalue weighted by atomic mass is 9.94. The number of carbonyl (C=O) groups excluding carboxylic acids is 3. The number of carbonyl (C=O) groups is 4.